The molecule has 0 rings (SSSR count). The van der Waals surface area contributed by atoms with Gasteiger partial charge in [0.15, 0.2) is 0 Å². The maximum atomic E-state index is 11.8. The van der Waals surface area contributed by atoms with Gasteiger partial charge in [-0.25, -0.2) is 0 Å². The number of hydrogen-bond donors (Lipinski definition) is 1. The Balaban J connectivity index is 4.04. The number of halogens is 3. The number of aliphatic hydroxyl groups is 1. The van der Waals surface area contributed by atoms with Crippen molar-refractivity contribution in [3.8, 4) is 0 Å². The first-order valence-corrected chi connectivity index (χ1v) is 3.56. The highest BCUT2D eigenvalue weighted by atomic mass is 19.4. The van der Waals surface area contributed by atoms with Gasteiger partial charge >= 0.3 is 6.18 Å². The average Bonchev–Trinajstić information content (AvgIpc) is 1.48. The summed E-state index contributed by atoms with van der Waals surface area (Å²) in [6, 6.07) is 0. The van der Waals surface area contributed by atoms with E-state index in [9.17, 15) is 18.3 Å². The lowest BCUT2D eigenvalue weighted by molar-refractivity contribution is -0.174. The lowest BCUT2D eigenvalue weighted by Gasteiger charge is -2.27. The molecule has 0 bridgehead atoms. The fourth-order valence-corrected chi connectivity index (χ4v) is 1.17. The topological polar surface area (TPSA) is 23.5 Å². The molecule has 1 unspecified atom stereocenters. The molecule has 0 aliphatic carbocycles. The Morgan fingerprint density at radius 1 is 1.25 bits per heavy atom. The van der Waals surface area contributed by atoms with E-state index in [0.29, 0.717) is 0 Å². The lowest BCUT2D eigenvalue weighted by Crippen LogP contribution is -2.40. The summed E-state index contributed by atoms with van der Waals surface area (Å²) in [6.45, 7) is 1.19. The summed E-state index contributed by atoms with van der Waals surface area (Å²) in [5.74, 6) is 0. The summed E-state index contributed by atoms with van der Waals surface area (Å²) in [4.78, 5) is 1.52. The summed E-state index contributed by atoms with van der Waals surface area (Å²) in [5, 5.41) is 9.26. The van der Waals surface area contributed by atoms with Crippen LogP contribution in [0, 0.1) is 0 Å². The third-order valence-electron chi connectivity index (χ3n) is 1.24. The Labute approximate surface area is 70.0 Å². The van der Waals surface area contributed by atoms with Crippen LogP contribution >= 0.6 is 0 Å². The van der Waals surface area contributed by atoms with Gasteiger partial charge in [-0.3, -0.25) is 0 Å². The molecule has 0 fully saturated rings. The second-order valence-electron chi connectivity index (χ2n) is 3.53. The highest BCUT2D eigenvalue weighted by Gasteiger charge is 2.38. The van der Waals surface area contributed by atoms with Crippen molar-refractivity contribution in [3.05, 3.63) is 0 Å². The molecule has 0 radical (unpaired) electrons. The highest BCUT2D eigenvalue weighted by Crippen LogP contribution is 2.27. The highest BCUT2D eigenvalue weighted by molar-refractivity contribution is 4.78. The van der Waals surface area contributed by atoms with E-state index >= 15 is 0 Å². The van der Waals surface area contributed by atoms with Crippen LogP contribution in [-0.2, 0) is 0 Å². The van der Waals surface area contributed by atoms with Crippen molar-refractivity contribution in [1.29, 1.82) is 0 Å². The monoisotopic (exact) mass is 185 g/mol. The number of alkyl halides is 3. The predicted molar refractivity (Wildman–Crippen MR) is 39.8 cm³/mol. The molecule has 0 heterocycles. The number of likely N-dealkylation sites (N-methyl/N-ethyl adjacent to an activating group) is 1. The minimum atomic E-state index is -4.31. The number of nitrogens with zero attached hydrogens (tertiary/aromatic N) is 1. The molecule has 0 aromatic heterocycles. The van der Waals surface area contributed by atoms with Gasteiger partial charge in [0.25, 0.3) is 0 Å². The SMILES string of the molecule is CN(C)CC(C)(O)CC(F)(F)F. The van der Waals surface area contributed by atoms with Crippen LogP contribution in [0.1, 0.15) is 13.3 Å². The van der Waals surface area contributed by atoms with E-state index in [1.165, 1.54) is 11.8 Å². The summed E-state index contributed by atoms with van der Waals surface area (Å²) in [5.41, 5.74) is -1.69. The van der Waals surface area contributed by atoms with Gasteiger partial charge in [-0.05, 0) is 21.0 Å². The van der Waals surface area contributed by atoms with Gasteiger partial charge in [0.2, 0.25) is 0 Å². The molecule has 0 spiro atoms. The predicted octanol–water partition coefficient (Wildman–Crippen LogP) is 1.25. The van der Waals surface area contributed by atoms with Crippen molar-refractivity contribution < 1.29 is 18.3 Å². The van der Waals surface area contributed by atoms with E-state index in [1.54, 1.807) is 14.1 Å². The maximum absolute atomic E-state index is 11.8. The Morgan fingerprint density at radius 2 is 1.67 bits per heavy atom. The molecule has 0 aliphatic rings. The fraction of sp³-hybridized carbons (Fsp3) is 1.00. The van der Waals surface area contributed by atoms with Crippen LogP contribution in [0.25, 0.3) is 0 Å². The Kier molecular flexibility index (Phi) is 3.53. The summed E-state index contributed by atoms with van der Waals surface area (Å²) < 4.78 is 35.5. The third kappa shape index (κ3) is 6.42. The first-order chi connectivity index (χ1) is 5.12. The smallest absolute Gasteiger partial charge is 0.388 e. The molecule has 0 aromatic carbocycles. The van der Waals surface area contributed by atoms with Gasteiger partial charge in [0.05, 0.1) is 12.0 Å². The Hall–Kier alpha value is -0.290. The summed E-state index contributed by atoms with van der Waals surface area (Å²) in [7, 11) is 3.23. The first kappa shape index (κ1) is 11.7. The standard InChI is InChI=1S/C7H14F3NO/c1-6(12,5-11(2)3)4-7(8,9)10/h12H,4-5H2,1-3H3. The summed E-state index contributed by atoms with van der Waals surface area (Å²) in [6.07, 6.45) is -5.47. The van der Waals surface area contributed by atoms with Crippen molar-refractivity contribution in [2.75, 3.05) is 20.6 Å². The third-order valence-corrected chi connectivity index (χ3v) is 1.24. The van der Waals surface area contributed by atoms with Gasteiger partial charge in [-0.15, -0.1) is 0 Å². The van der Waals surface area contributed by atoms with Gasteiger partial charge in [-0.1, -0.05) is 0 Å². The average molecular weight is 185 g/mol. The molecule has 2 nitrogen and oxygen atoms in total. The Morgan fingerprint density at radius 3 is 1.92 bits per heavy atom. The normalized spacial score (nSPS) is 18.0. The molecule has 0 saturated heterocycles. The van der Waals surface area contributed by atoms with Crippen LogP contribution in [-0.4, -0.2) is 42.4 Å². The van der Waals surface area contributed by atoms with E-state index in [4.69, 9.17) is 0 Å². The maximum Gasteiger partial charge on any atom is 0.391 e. The van der Waals surface area contributed by atoms with Crippen LogP contribution in [0.15, 0.2) is 0 Å². The van der Waals surface area contributed by atoms with Gasteiger partial charge < -0.3 is 10.0 Å². The van der Waals surface area contributed by atoms with E-state index in [-0.39, 0.29) is 6.54 Å². The zero-order chi connectivity index (χ0) is 9.99. The van der Waals surface area contributed by atoms with Crippen molar-refractivity contribution in [2.24, 2.45) is 0 Å². The van der Waals surface area contributed by atoms with E-state index in [1.807, 2.05) is 0 Å². The molecule has 0 aromatic rings. The molecule has 12 heavy (non-hydrogen) atoms. The van der Waals surface area contributed by atoms with Crippen molar-refractivity contribution in [2.45, 2.75) is 25.1 Å². The van der Waals surface area contributed by atoms with Gasteiger partial charge in [-0.2, -0.15) is 13.2 Å². The van der Waals surface area contributed by atoms with Crippen molar-refractivity contribution >= 4 is 0 Å². The zero-order valence-electron chi connectivity index (χ0n) is 7.44. The Bertz CT molecular complexity index is 142. The second-order valence-corrected chi connectivity index (χ2v) is 3.53. The molecular weight excluding hydrogens is 171 g/mol. The zero-order valence-corrected chi connectivity index (χ0v) is 7.44. The quantitative estimate of drug-likeness (QED) is 0.715. The van der Waals surface area contributed by atoms with Crippen molar-refractivity contribution in [3.63, 3.8) is 0 Å². The second kappa shape index (κ2) is 3.62. The molecule has 0 aliphatic heterocycles. The van der Waals surface area contributed by atoms with Crippen LogP contribution < -0.4 is 0 Å². The fourth-order valence-electron chi connectivity index (χ4n) is 1.17. The van der Waals surface area contributed by atoms with E-state index in [2.05, 4.69) is 0 Å². The largest absolute Gasteiger partial charge is 0.391 e. The molecule has 0 amide bonds. The van der Waals surface area contributed by atoms with Crippen LogP contribution in [0.5, 0.6) is 0 Å². The van der Waals surface area contributed by atoms with Crippen molar-refractivity contribution in [1.82, 2.24) is 4.90 Å². The van der Waals surface area contributed by atoms with Gasteiger partial charge in [0.1, 0.15) is 0 Å². The van der Waals surface area contributed by atoms with Gasteiger partial charge in [0, 0.05) is 6.54 Å². The number of hydrogen-bond acceptors (Lipinski definition) is 2. The number of rotatable bonds is 3. The summed E-state index contributed by atoms with van der Waals surface area (Å²) >= 11 is 0. The van der Waals surface area contributed by atoms with E-state index < -0.39 is 18.2 Å². The molecule has 74 valence electrons. The molecule has 1 atom stereocenters. The van der Waals surface area contributed by atoms with Crippen LogP contribution in [0.3, 0.4) is 0 Å². The molecule has 0 saturated carbocycles. The minimum absolute atomic E-state index is 0.00646. The minimum Gasteiger partial charge on any atom is -0.388 e. The lowest BCUT2D eigenvalue weighted by atomic mass is 10.0. The first-order valence-electron chi connectivity index (χ1n) is 3.56. The molecule has 1 N–H and O–H groups in total. The van der Waals surface area contributed by atoms with E-state index in [0.717, 1.165) is 0 Å². The van der Waals surface area contributed by atoms with Crippen LogP contribution in [0.4, 0.5) is 13.2 Å². The van der Waals surface area contributed by atoms with Crippen LogP contribution in [0.2, 0.25) is 0 Å². The molecule has 5 heteroatoms. The molecular formula is C7H14F3NO.